The molecule has 3 heterocycles. The maximum atomic E-state index is 14.1. The first-order valence-electron chi connectivity index (χ1n) is 9.71. The molecule has 0 aliphatic carbocycles. The Bertz CT molecular complexity index is 1400. The second kappa shape index (κ2) is 8.05. The molecule has 0 spiro atoms. The molecule has 2 aliphatic rings. The van der Waals surface area contributed by atoms with Gasteiger partial charge in [-0.15, -0.1) is 0 Å². The predicted molar refractivity (Wildman–Crippen MR) is 116 cm³/mol. The van der Waals surface area contributed by atoms with Crippen molar-refractivity contribution in [3.05, 3.63) is 88.8 Å². The number of aromatic nitrogens is 6. The number of imidazole rings is 1. The monoisotopic (exact) mass is 448 g/mol. The zero-order valence-electron chi connectivity index (χ0n) is 16.8. The highest BCUT2D eigenvalue weighted by Crippen LogP contribution is 2.28. The van der Waals surface area contributed by atoms with E-state index in [1.165, 1.54) is 18.3 Å². The summed E-state index contributed by atoms with van der Waals surface area (Å²) in [5.74, 6) is -1.82. The highest BCUT2D eigenvalue weighted by Gasteiger charge is 2.18. The van der Waals surface area contributed by atoms with Crippen molar-refractivity contribution in [2.24, 2.45) is 0 Å². The molecule has 0 atom stereocenters. The van der Waals surface area contributed by atoms with Crippen LogP contribution < -0.4 is 0 Å². The third-order valence-electron chi connectivity index (χ3n) is 4.95. The number of aryl methyl sites for hydroxylation is 1. The van der Waals surface area contributed by atoms with Crippen molar-refractivity contribution in [2.45, 2.75) is 13.5 Å². The van der Waals surface area contributed by atoms with E-state index in [0.29, 0.717) is 34.3 Å². The lowest BCUT2D eigenvalue weighted by Gasteiger charge is -2.07. The summed E-state index contributed by atoms with van der Waals surface area (Å²) < 4.78 is 29.2. The minimum Gasteiger partial charge on any atom is -0.264 e. The van der Waals surface area contributed by atoms with Crippen LogP contribution in [0.3, 0.4) is 0 Å². The quantitative estimate of drug-likeness (QED) is 0.378. The number of fused-ring (bicyclic) bond motifs is 1. The summed E-state index contributed by atoms with van der Waals surface area (Å²) in [5, 5.41) is 13.5. The van der Waals surface area contributed by atoms with E-state index in [2.05, 4.69) is 25.3 Å². The summed E-state index contributed by atoms with van der Waals surface area (Å²) in [5.41, 5.74) is 4.24. The number of nitrogens with zero attached hydrogens (tertiary/aromatic N) is 6. The van der Waals surface area contributed by atoms with Gasteiger partial charge in [-0.05, 0) is 42.8 Å². The van der Waals surface area contributed by atoms with Gasteiger partial charge in [0.05, 0.1) is 40.9 Å². The first-order chi connectivity index (χ1) is 15.5. The van der Waals surface area contributed by atoms with Gasteiger partial charge in [0.2, 0.25) is 0 Å². The van der Waals surface area contributed by atoms with Crippen LogP contribution in [0.5, 0.6) is 0 Å². The smallest absolute Gasteiger partial charge is 0.169 e. The minimum absolute atomic E-state index is 0.00368. The van der Waals surface area contributed by atoms with E-state index in [4.69, 9.17) is 11.6 Å². The van der Waals surface area contributed by atoms with Crippen molar-refractivity contribution in [1.29, 1.82) is 0 Å². The van der Waals surface area contributed by atoms with E-state index in [-0.39, 0.29) is 11.4 Å². The van der Waals surface area contributed by atoms with Crippen LogP contribution in [0, 0.1) is 18.6 Å². The zero-order valence-corrected chi connectivity index (χ0v) is 17.6. The number of halogens is 3. The van der Waals surface area contributed by atoms with Crippen molar-refractivity contribution in [3.63, 3.8) is 0 Å². The van der Waals surface area contributed by atoms with Crippen molar-refractivity contribution in [2.75, 3.05) is 0 Å². The summed E-state index contributed by atoms with van der Waals surface area (Å²) in [6.45, 7) is 2.32. The summed E-state index contributed by atoms with van der Waals surface area (Å²) >= 11 is 6.31. The molecule has 0 bridgehead atoms. The third kappa shape index (κ3) is 3.80. The first kappa shape index (κ1) is 20.1. The molecule has 5 rings (SSSR count). The van der Waals surface area contributed by atoms with Gasteiger partial charge in [0.15, 0.2) is 17.5 Å². The number of hydrogen-bond acceptors (Lipinski definition) is 5. The SMILES string of the molecule is Cc1ccc(-c2ccc(Cn3cc4nc(-c5cccc(F)c5F)nc-4cn3)nn2)c(Cl)c1. The molecule has 0 radical (unpaired) electrons. The molecule has 0 saturated carbocycles. The third-order valence-corrected chi connectivity index (χ3v) is 5.26. The Morgan fingerprint density at radius 3 is 2.53 bits per heavy atom. The Kier molecular flexibility index (Phi) is 5.07. The van der Waals surface area contributed by atoms with E-state index in [9.17, 15) is 8.78 Å². The maximum Gasteiger partial charge on any atom is 0.169 e. The van der Waals surface area contributed by atoms with Gasteiger partial charge in [-0.2, -0.15) is 15.3 Å². The van der Waals surface area contributed by atoms with Crippen molar-refractivity contribution >= 4 is 11.6 Å². The Balaban J connectivity index is 1.40. The van der Waals surface area contributed by atoms with Crippen molar-refractivity contribution in [1.82, 2.24) is 29.9 Å². The molecule has 0 amide bonds. The topological polar surface area (TPSA) is 69.4 Å². The standard InChI is InChI=1S/C23H15ClF2N6/c1-13-5-7-15(17(24)9-13)19-8-6-14(30-31-19)11-32-12-21-20(10-27-32)28-23(29-21)16-3-2-4-18(25)22(16)26/h2-10,12H,11H2,1H3. The predicted octanol–water partition coefficient (Wildman–Crippen LogP) is 5.19. The van der Waals surface area contributed by atoms with Gasteiger partial charge < -0.3 is 0 Å². The molecular weight excluding hydrogens is 434 g/mol. The average molecular weight is 449 g/mol. The first-order valence-corrected chi connectivity index (χ1v) is 10.1. The lowest BCUT2D eigenvalue weighted by molar-refractivity contribution is 0.510. The van der Waals surface area contributed by atoms with E-state index < -0.39 is 11.6 Å². The molecule has 0 fully saturated rings. The van der Waals surface area contributed by atoms with Crippen LogP contribution in [0.15, 0.2) is 60.9 Å². The molecule has 0 N–H and O–H groups in total. The van der Waals surface area contributed by atoms with Gasteiger partial charge >= 0.3 is 0 Å². The zero-order chi connectivity index (χ0) is 22.2. The molecule has 1 aromatic heterocycles. The molecule has 9 heteroatoms. The van der Waals surface area contributed by atoms with Crippen molar-refractivity contribution < 1.29 is 8.78 Å². The van der Waals surface area contributed by atoms with Crippen LogP contribution in [-0.2, 0) is 6.54 Å². The van der Waals surface area contributed by atoms with Crippen LogP contribution in [0.25, 0.3) is 34.0 Å². The van der Waals surface area contributed by atoms with Crippen molar-refractivity contribution in [3.8, 4) is 34.0 Å². The summed E-state index contributed by atoms with van der Waals surface area (Å²) in [6.07, 6.45) is 3.20. The van der Waals surface area contributed by atoms with E-state index >= 15 is 0 Å². The summed E-state index contributed by atoms with van der Waals surface area (Å²) in [4.78, 5) is 8.59. The number of benzene rings is 2. The number of hydrogen-bond donors (Lipinski definition) is 0. The Labute approximate surface area is 186 Å². The molecule has 0 saturated heterocycles. The molecule has 158 valence electrons. The second-order valence-corrected chi connectivity index (χ2v) is 7.69. The average Bonchev–Trinajstić information content (AvgIpc) is 3.19. The van der Waals surface area contributed by atoms with E-state index in [1.54, 1.807) is 10.9 Å². The maximum absolute atomic E-state index is 14.1. The summed E-state index contributed by atoms with van der Waals surface area (Å²) in [7, 11) is 0. The van der Waals surface area contributed by atoms with Gasteiger partial charge in [-0.3, -0.25) is 4.68 Å². The Hall–Kier alpha value is -3.78. The minimum atomic E-state index is -0.979. The van der Waals surface area contributed by atoms with Gasteiger partial charge in [0, 0.05) is 5.56 Å². The van der Waals surface area contributed by atoms with Crippen LogP contribution in [0.1, 0.15) is 11.3 Å². The normalized spacial score (nSPS) is 11.2. The lowest BCUT2D eigenvalue weighted by Crippen LogP contribution is -2.07. The second-order valence-electron chi connectivity index (χ2n) is 7.28. The summed E-state index contributed by atoms with van der Waals surface area (Å²) in [6, 6.07) is 13.4. The van der Waals surface area contributed by atoms with E-state index in [1.807, 2.05) is 37.3 Å². The van der Waals surface area contributed by atoms with Gasteiger partial charge in [0.25, 0.3) is 0 Å². The molecule has 3 aromatic rings. The Morgan fingerprint density at radius 2 is 1.75 bits per heavy atom. The molecule has 6 nitrogen and oxygen atoms in total. The van der Waals surface area contributed by atoms with Crippen LogP contribution in [0.4, 0.5) is 8.78 Å². The molecule has 2 aliphatic heterocycles. The van der Waals surface area contributed by atoms with Gasteiger partial charge in [-0.25, -0.2) is 18.7 Å². The van der Waals surface area contributed by atoms with Gasteiger partial charge in [0.1, 0.15) is 11.4 Å². The fraction of sp³-hybridized carbons (Fsp3) is 0.0870. The lowest BCUT2D eigenvalue weighted by atomic mass is 10.1. The highest BCUT2D eigenvalue weighted by atomic mass is 35.5. The fourth-order valence-electron chi connectivity index (χ4n) is 3.33. The molecule has 32 heavy (non-hydrogen) atoms. The van der Waals surface area contributed by atoms with Crippen LogP contribution in [-0.4, -0.2) is 29.9 Å². The molecule has 0 unspecified atom stereocenters. The fourth-order valence-corrected chi connectivity index (χ4v) is 3.66. The molecule has 2 aromatic carbocycles. The Morgan fingerprint density at radius 1 is 0.906 bits per heavy atom. The van der Waals surface area contributed by atoms with E-state index in [0.717, 1.165) is 17.2 Å². The largest absolute Gasteiger partial charge is 0.264 e. The molecular formula is C23H15ClF2N6. The van der Waals surface area contributed by atoms with Crippen LogP contribution in [0.2, 0.25) is 5.02 Å². The van der Waals surface area contributed by atoms with Crippen LogP contribution >= 0.6 is 11.6 Å². The van der Waals surface area contributed by atoms with Gasteiger partial charge in [-0.1, -0.05) is 29.8 Å². The number of rotatable bonds is 4. The highest BCUT2D eigenvalue weighted by molar-refractivity contribution is 6.33.